The molecule has 408 valence electrons. The van der Waals surface area contributed by atoms with Crippen molar-refractivity contribution in [2.24, 2.45) is 0 Å². The van der Waals surface area contributed by atoms with E-state index in [2.05, 4.69) is 52.0 Å². The van der Waals surface area contributed by atoms with Gasteiger partial charge in [0.25, 0.3) is 0 Å². The zero-order valence-corrected chi connectivity index (χ0v) is 48.2. The summed E-state index contributed by atoms with van der Waals surface area (Å²) in [6.07, 6.45) is 60.9. The number of rotatable bonds is 54. The van der Waals surface area contributed by atoms with Crippen molar-refractivity contribution in [1.82, 2.24) is 0 Å². The van der Waals surface area contributed by atoms with Gasteiger partial charge in [-0.2, -0.15) is 0 Å². The first-order valence-corrected chi connectivity index (χ1v) is 32.1. The molecule has 0 aromatic heterocycles. The maximum absolute atomic E-state index is 13.4. The van der Waals surface area contributed by atoms with Gasteiger partial charge < -0.3 is 14.2 Å². The Morgan fingerprint density at radius 1 is 0.380 bits per heavy atom. The molecule has 0 aliphatic rings. The fourth-order valence-electron chi connectivity index (χ4n) is 9.68. The summed E-state index contributed by atoms with van der Waals surface area (Å²) in [4.78, 5) is 14.6. The summed E-state index contributed by atoms with van der Waals surface area (Å²) < 4.78 is 20.0. The SMILES string of the molecule is CCCCCCCCCCCCCCCCOc1cc(/C=C/C(=O)c2ccc(SCCC)cc2)cc(OCCCCCCCCCCCCCCCC)c1OCCCCCCCCCCCCCCCC. The minimum absolute atomic E-state index is 0.00456. The Balaban J connectivity index is 2.02. The van der Waals surface area contributed by atoms with Crippen LogP contribution in [-0.4, -0.2) is 31.4 Å². The monoisotopic (exact) mass is 1000 g/mol. The standard InChI is InChI=1S/C66H114O4S/c1-5-9-12-15-18-21-24-27-30-33-36-39-42-45-54-68-64-58-60(48-53-63(67)61-49-51-62(52-50-61)71-57-8-4)59-65(69-55-46-43-40-37-34-31-28-25-22-19-16-13-10-6-2)66(64)70-56-47-44-41-38-35-32-29-26-23-20-17-14-11-7-3/h48-53,58-59H,5-47,54-57H2,1-4H3/b53-48+. The number of ether oxygens (including phenoxy) is 3. The normalized spacial score (nSPS) is 11.5. The molecule has 0 N–H and O–H groups in total. The molecule has 0 heterocycles. The van der Waals surface area contributed by atoms with Gasteiger partial charge in [0.1, 0.15) is 0 Å². The number of carbonyl (C=O) groups excluding carboxylic acids is 1. The maximum Gasteiger partial charge on any atom is 0.203 e. The predicted molar refractivity (Wildman–Crippen MR) is 315 cm³/mol. The van der Waals surface area contributed by atoms with Gasteiger partial charge >= 0.3 is 0 Å². The average molecular weight is 1000 g/mol. The van der Waals surface area contributed by atoms with Crippen LogP contribution in [0, 0.1) is 0 Å². The molecule has 0 bridgehead atoms. The smallest absolute Gasteiger partial charge is 0.203 e. The molecule has 5 heteroatoms. The number of carbonyl (C=O) groups is 1. The molecular weight excluding hydrogens is 889 g/mol. The zero-order valence-electron chi connectivity index (χ0n) is 47.4. The summed E-state index contributed by atoms with van der Waals surface area (Å²) in [5.74, 6) is 3.31. The van der Waals surface area contributed by atoms with Crippen LogP contribution in [-0.2, 0) is 0 Å². The van der Waals surface area contributed by atoms with Crippen molar-refractivity contribution in [2.75, 3.05) is 25.6 Å². The van der Waals surface area contributed by atoms with E-state index in [1.165, 1.54) is 255 Å². The second kappa shape index (κ2) is 49.8. The van der Waals surface area contributed by atoms with Gasteiger partial charge in [-0.15, -0.1) is 11.8 Å². The van der Waals surface area contributed by atoms with Crippen LogP contribution < -0.4 is 14.2 Å². The Morgan fingerprint density at radius 2 is 0.676 bits per heavy atom. The Labute approximate surface area is 445 Å². The minimum atomic E-state index is 0.00456. The Morgan fingerprint density at radius 3 is 0.986 bits per heavy atom. The van der Waals surface area contributed by atoms with Crippen LogP contribution in [0.15, 0.2) is 47.4 Å². The molecule has 71 heavy (non-hydrogen) atoms. The number of ketones is 1. The lowest BCUT2D eigenvalue weighted by Crippen LogP contribution is -2.07. The van der Waals surface area contributed by atoms with E-state index in [1.54, 1.807) is 6.08 Å². The summed E-state index contributed by atoms with van der Waals surface area (Å²) in [6.45, 7) is 11.1. The van der Waals surface area contributed by atoms with Crippen LogP contribution in [0.2, 0.25) is 0 Å². The fraction of sp³-hybridized carbons (Fsp3) is 0.773. The molecule has 0 spiro atoms. The maximum atomic E-state index is 13.4. The lowest BCUT2D eigenvalue weighted by molar-refractivity contribution is 0.104. The van der Waals surface area contributed by atoms with Crippen molar-refractivity contribution in [2.45, 2.75) is 309 Å². The Kier molecular flexibility index (Phi) is 45.4. The van der Waals surface area contributed by atoms with Gasteiger partial charge in [-0.1, -0.05) is 284 Å². The molecule has 0 atom stereocenters. The van der Waals surface area contributed by atoms with E-state index in [0.29, 0.717) is 25.4 Å². The van der Waals surface area contributed by atoms with Gasteiger partial charge in [-0.25, -0.2) is 0 Å². The number of benzene rings is 2. The minimum Gasteiger partial charge on any atom is -0.490 e. The topological polar surface area (TPSA) is 44.8 Å². The highest BCUT2D eigenvalue weighted by Gasteiger charge is 2.16. The van der Waals surface area contributed by atoms with Crippen molar-refractivity contribution in [3.63, 3.8) is 0 Å². The third kappa shape index (κ3) is 37.9. The highest BCUT2D eigenvalue weighted by Crippen LogP contribution is 2.40. The second-order valence-electron chi connectivity index (χ2n) is 21.3. The third-order valence-electron chi connectivity index (χ3n) is 14.3. The average Bonchev–Trinajstić information content (AvgIpc) is 3.38. The van der Waals surface area contributed by atoms with Crippen molar-refractivity contribution >= 4 is 23.6 Å². The molecule has 0 fully saturated rings. The summed E-state index contributed by atoms with van der Waals surface area (Å²) in [5.41, 5.74) is 1.61. The third-order valence-corrected chi connectivity index (χ3v) is 15.6. The van der Waals surface area contributed by atoms with E-state index in [0.717, 1.165) is 54.2 Å². The van der Waals surface area contributed by atoms with Crippen molar-refractivity contribution in [1.29, 1.82) is 0 Å². The number of unbranched alkanes of at least 4 members (excludes halogenated alkanes) is 39. The van der Waals surface area contributed by atoms with Crippen LogP contribution in [0.3, 0.4) is 0 Å². The first-order valence-electron chi connectivity index (χ1n) is 31.1. The number of thioether (sulfide) groups is 1. The van der Waals surface area contributed by atoms with E-state index >= 15 is 0 Å². The van der Waals surface area contributed by atoms with E-state index < -0.39 is 0 Å². The molecular formula is C66H114O4S. The molecule has 2 rings (SSSR count). The second-order valence-corrected chi connectivity index (χ2v) is 22.4. The van der Waals surface area contributed by atoms with E-state index in [9.17, 15) is 4.79 Å². The molecule has 2 aromatic rings. The molecule has 0 aliphatic heterocycles. The number of allylic oxidation sites excluding steroid dienone is 1. The predicted octanol–water partition coefficient (Wildman–Crippen LogP) is 22.7. The Hall–Kier alpha value is -2.40. The summed E-state index contributed by atoms with van der Waals surface area (Å²) in [6, 6.07) is 12.2. The van der Waals surface area contributed by atoms with Crippen molar-refractivity contribution < 1.29 is 19.0 Å². The van der Waals surface area contributed by atoms with Crippen molar-refractivity contribution in [3.05, 3.63) is 53.6 Å². The molecule has 2 aromatic carbocycles. The van der Waals surface area contributed by atoms with Crippen LogP contribution in [0.25, 0.3) is 6.08 Å². The van der Waals surface area contributed by atoms with Crippen LogP contribution in [0.1, 0.15) is 320 Å². The van der Waals surface area contributed by atoms with E-state index in [-0.39, 0.29) is 5.78 Å². The van der Waals surface area contributed by atoms with Crippen LogP contribution in [0.4, 0.5) is 0 Å². The molecule has 0 radical (unpaired) electrons. The quantitative estimate of drug-likeness (QED) is 0.0286. The van der Waals surface area contributed by atoms with Crippen LogP contribution >= 0.6 is 11.8 Å². The van der Waals surface area contributed by atoms with Gasteiger partial charge in [0.05, 0.1) is 19.8 Å². The molecule has 4 nitrogen and oxygen atoms in total. The summed E-state index contributed by atoms with van der Waals surface area (Å²) in [5, 5.41) is 0. The highest BCUT2D eigenvalue weighted by atomic mass is 32.2. The largest absolute Gasteiger partial charge is 0.490 e. The highest BCUT2D eigenvalue weighted by molar-refractivity contribution is 7.99. The van der Waals surface area contributed by atoms with Gasteiger partial charge in [0.2, 0.25) is 5.75 Å². The molecule has 0 unspecified atom stereocenters. The lowest BCUT2D eigenvalue weighted by atomic mass is 10.0. The van der Waals surface area contributed by atoms with Gasteiger partial charge in [0.15, 0.2) is 17.3 Å². The number of hydrogen-bond acceptors (Lipinski definition) is 5. The fourth-order valence-corrected chi connectivity index (χ4v) is 10.4. The molecule has 0 saturated heterocycles. The lowest BCUT2D eigenvalue weighted by Gasteiger charge is -2.18. The van der Waals surface area contributed by atoms with E-state index in [1.807, 2.05) is 30.0 Å². The first kappa shape index (κ1) is 64.7. The van der Waals surface area contributed by atoms with Crippen LogP contribution in [0.5, 0.6) is 17.2 Å². The summed E-state index contributed by atoms with van der Waals surface area (Å²) >= 11 is 1.84. The van der Waals surface area contributed by atoms with Gasteiger partial charge in [-0.05, 0) is 79.5 Å². The molecule has 0 saturated carbocycles. The first-order chi connectivity index (χ1) is 35.1. The van der Waals surface area contributed by atoms with Crippen molar-refractivity contribution in [3.8, 4) is 17.2 Å². The molecule has 0 amide bonds. The molecule has 0 aliphatic carbocycles. The van der Waals surface area contributed by atoms with E-state index in [4.69, 9.17) is 14.2 Å². The number of hydrogen-bond donors (Lipinski definition) is 0. The van der Waals surface area contributed by atoms with Gasteiger partial charge in [-0.3, -0.25) is 4.79 Å². The Bertz CT molecular complexity index is 1430. The van der Waals surface area contributed by atoms with Gasteiger partial charge in [0, 0.05) is 10.5 Å². The summed E-state index contributed by atoms with van der Waals surface area (Å²) in [7, 11) is 0. The zero-order chi connectivity index (χ0) is 50.8.